The second-order valence-corrected chi connectivity index (χ2v) is 8.39. The molecular formula is C24H32IN3O5. The van der Waals surface area contributed by atoms with Crippen LogP contribution < -0.4 is 15.4 Å². The van der Waals surface area contributed by atoms with Crippen molar-refractivity contribution in [2.24, 2.45) is 4.99 Å². The van der Waals surface area contributed by atoms with Crippen LogP contribution in [0.5, 0.6) is 5.75 Å². The van der Waals surface area contributed by atoms with Crippen molar-refractivity contribution in [3.8, 4) is 5.75 Å². The van der Waals surface area contributed by atoms with Crippen molar-refractivity contribution in [2.45, 2.75) is 43.6 Å². The van der Waals surface area contributed by atoms with E-state index in [0.717, 1.165) is 48.7 Å². The van der Waals surface area contributed by atoms with Crippen molar-refractivity contribution in [2.75, 3.05) is 39.5 Å². The minimum Gasteiger partial charge on any atom is -0.493 e. The van der Waals surface area contributed by atoms with E-state index < -0.39 is 5.79 Å². The number of furan rings is 1. The van der Waals surface area contributed by atoms with Gasteiger partial charge in [-0.1, -0.05) is 18.2 Å². The summed E-state index contributed by atoms with van der Waals surface area (Å²) in [6.07, 6.45) is 4.85. The van der Waals surface area contributed by atoms with Gasteiger partial charge in [0.2, 0.25) is 0 Å². The zero-order valence-electron chi connectivity index (χ0n) is 18.7. The van der Waals surface area contributed by atoms with Gasteiger partial charge in [0.25, 0.3) is 0 Å². The van der Waals surface area contributed by atoms with E-state index in [1.54, 1.807) is 6.26 Å². The van der Waals surface area contributed by atoms with Crippen molar-refractivity contribution in [3.63, 3.8) is 0 Å². The normalized spacial score (nSPS) is 23.9. The Labute approximate surface area is 211 Å². The van der Waals surface area contributed by atoms with Gasteiger partial charge in [0.05, 0.1) is 45.3 Å². The van der Waals surface area contributed by atoms with Crippen LogP contribution in [0.1, 0.15) is 36.6 Å². The molecule has 0 bridgehead atoms. The molecule has 8 nitrogen and oxygen atoms in total. The first-order valence-electron chi connectivity index (χ1n) is 11.5. The molecule has 3 aliphatic rings. The molecule has 180 valence electrons. The summed E-state index contributed by atoms with van der Waals surface area (Å²) in [6, 6.07) is 12.2. The van der Waals surface area contributed by atoms with Gasteiger partial charge < -0.3 is 34.0 Å². The van der Waals surface area contributed by atoms with E-state index in [1.165, 1.54) is 0 Å². The smallest absolute Gasteiger partial charge is 0.191 e. The molecule has 2 aromatic rings. The number of para-hydroxylation sites is 1. The molecule has 3 aliphatic heterocycles. The fourth-order valence-electron chi connectivity index (χ4n) is 4.41. The van der Waals surface area contributed by atoms with E-state index in [9.17, 15) is 0 Å². The van der Waals surface area contributed by atoms with Crippen LogP contribution in [0.15, 0.2) is 52.1 Å². The minimum absolute atomic E-state index is 0. The van der Waals surface area contributed by atoms with E-state index in [4.69, 9.17) is 28.4 Å². The Morgan fingerprint density at radius 1 is 1.09 bits per heavy atom. The fraction of sp³-hybridized carbons (Fsp3) is 0.542. The van der Waals surface area contributed by atoms with Crippen molar-refractivity contribution >= 4 is 29.9 Å². The maximum atomic E-state index is 6.25. The predicted octanol–water partition coefficient (Wildman–Crippen LogP) is 3.42. The summed E-state index contributed by atoms with van der Waals surface area (Å²) in [5, 5.41) is 7.05. The standard InChI is InChI=1S/C24H31N3O5.HI/c1-2-6-22-20(5-1)21(8-13-30-22)27-23(25-11-7-18-4-3-12-29-18)26-16-19-17-31-24(32-19)9-14-28-15-10-24;/h1-6,12,19,21H,7-11,13-17H2,(H2,25,26,27);1H. The molecule has 0 saturated carbocycles. The molecule has 1 spiro atoms. The number of aliphatic imine (C=N–C) groups is 1. The van der Waals surface area contributed by atoms with Crippen LogP contribution >= 0.6 is 24.0 Å². The van der Waals surface area contributed by atoms with Crippen LogP contribution in [-0.2, 0) is 20.6 Å². The number of ether oxygens (including phenoxy) is 4. The third-order valence-corrected chi connectivity index (χ3v) is 6.13. The number of rotatable bonds is 6. The lowest BCUT2D eigenvalue weighted by Crippen LogP contribution is -2.42. The molecule has 2 fully saturated rings. The van der Waals surface area contributed by atoms with Gasteiger partial charge >= 0.3 is 0 Å². The van der Waals surface area contributed by atoms with Crippen molar-refractivity contribution in [1.29, 1.82) is 0 Å². The lowest BCUT2D eigenvalue weighted by molar-refractivity contribution is -0.210. The first-order valence-corrected chi connectivity index (χ1v) is 11.5. The predicted molar refractivity (Wildman–Crippen MR) is 134 cm³/mol. The second kappa shape index (κ2) is 11.5. The Hall–Kier alpha value is -1.82. The van der Waals surface area contributed by atoms with Gasteiger partial charge in [-0.05, 0) is 18.2 Å². The number of nitrogens with zero attached hydrogens (tertiary/aromatic N) is 1. The molecule has 1 aromatic heterocycles. The van der Waals surface area contributed by atoms with Crippen molar-refractivity contribution in [1.82, 2.24) is 10.6 Å². The first-order chi connectivity index (χ1) is 15.8. The maximum absolute atomic E-state index is 6.25. The molecule has 5 rings (SSSR count). The van der Waals surface area contributed by atoms with Crippen molar-refractivity contribution in [3.05, 3.63) is 54.0 Å². The van der Waals surface area contributed by atoms with Crippen LogP contribution in [0.4, 0.5) is 0 Å². The highest BCUT2D eigenvalue weighted by Gasteiger charge is 2.42. The highest BCUT2D eigenvalue weighted by atomic mass is 127. The fourth-order valence-corrected chi connectivity index (χ4v) is 4.41. The molecule has 0 aliphatic carbocycles. The SMILES string of the molecule is I.c1coc(CCNC(=NCC2COC3(CCOCC3)O2)NC2CCOc3ccccc32)c1. The molecule has 4 heterocycles. The molecule has 33 heavy (non-hydrogen) atoms. The Kier molecular flexibility index (Phi) is 8.50. The summed E-state index contributed by atoms with van der Waals surface area (Å²) in [7, 11) is 0. The van der Waals surface area contributed by atoms with Crippen LogP contribution in [0, 0.1) is 0 Å². The van der Waals surface area contributed by atoms with Gasteiger partial charge in [-0.3, -0.25) is 4.99 Å². The summed E-state index contributed by atoms with van der Waals surface area (Å²) in [4.78, 5) is 4.86. The zero-order chi connectivity index (χ0) is 21.6. The molecule has 2 atom stereocenters. The number of hydrogen-bond donors (Lipinski definition) is 2. The van der Waals surface area contributed by atoms with E-state index in [1.807, 2.05) is 30.3 Å². The molecule has 1 aromatic carbocycles. The summed E-state index contributed by atoms with van der Waals surface area (Å²) in [6.45, 7) is 3.85. The molecular weight excluding hydrogens is 537 g/mol. The lowest BCUT2D eigenvalue weighted by Gasteiger charge is -2.31. The quantitative estimate of drug-likeness (QED) is 0.313. The van der Waals surface area contributed by atoms with Gasteiger partial charge in [0, 0.05) is 37.8 Å². The Balaban J connectivity index is 0.00000259. The topological polar surface area (TPSA) is 86.5 Å². The summed E-state index contributed by atoms with van der Waals surface area (Å²) >= 11 is 0. The number of fused-ring (bicyclic) bond motifs is 1. The van der Waals surface area contributed by atoms with Crippen LogP contribution in [0.25, 0.3) is 0 Å². The summed E-state index contributed by atoms with van der Waals surface area (Å²) in [5.41, 5.74) is 1.15. The zero-order valence-corrected chi connectivity index (χ0v) is 21.0. The van der Waals surface area contributed by atoms with E-state index in [0.29, 0.717) is 39.5 Å². The van der Waals surface area contributed by atoms with Gasteiger partial charge in [0.15, 0.2) is 11.7 Å². The third-order valence-electron chi connectivity index (χ3n) is 6.13. The van der Waals surface area contributed by atoms with Crippen LogP contribution in [0.2, 0.25) is 0 Å². The Bertz CT molecular complexity index is 901. The van der Waals surface area contributed by atoms with E-state index >= 15 is 0 Å². The summed E-state index contributed by atoms with van der Waals surface area (Å²) in [5.74, 6) is 2.15. The van der Waals surface area contributed by atoms with Gasteiger partial charge in [-0.25, -0.2) is 0 Å². The highest BCUT2D eigenvalue weighted by Crippen LogP contribution is 2.33. The number of hydrogen-bond acceptors (Lipinski definition) is 6. The average molecular weight is 569 g/mol. The molecule has 2 unspecified atom stereocenters. The number of nitrogens with one attached hydrogen (secondary N) is 2. The summed E-state index contributed by atoms with van der Waals surface area (Å²) < 4.78 is 29.0. The molecule has 0 amide bonds. The highest BCUT2D eigenvalue weighted by molar-refractivity contribution is 14.0. The van der Waals surface area contributed by atoms with E-state index in [2.05, 4.69) is 16.7 Å². The lowest BCUT2D eigenvalue weighted by atomic mass is 10.0. The number of halogens is 1. The minimum atomic E-state index is -0.488. The Morgan fingerprint density at radius 3 is 2.82 bits per heavy atom. The molecule has 2 N–H and O–H groups in total. The number of benzene rings is 1. The van der Waals surface area contributed by atoms with Gasteiger partial charge in [-0.2, -0.15) is 0 Å². The second-order valence-electron chi connectivity index (χ2n) is 8.39. The molecule has 2 saturated heterocycles. The van der Waals surface area contributed by atoms with Crippen molar-refractivity contribution < 1.29 is 23.4 Å². The van der Waals surface area contributed by atoms with Gasteiger partial charge in [-0.15, -0.1) is 24.0 Å². The molecule has 0 radical (unpaired) electrons. The van der Waals surface area contributed by atoms with E-state index in [-0.39, 0.29) is 36.1 Å². The Morgan fingerprint density at radius 2 is 1.97 bits per heavy atom. The largest absolute Gasteiger partial charge is 0.493 e. The van der Waals surface area contributed by atoms with Gasteiger partial charge in [0.1, 0.15) is 17.6 Å². The molecule has 9 heteroatoms. The average Bonchev–Trinajstić information content (AvgIpc) is 3.48. The third kappa shape index (κ3) is 6.20. The number of guanidine groups is 1. The van der Waals surface area contributed by atoms with Crippen LogP contribution in [0.3, 0.4) is 0 Å². The monoisotopic (exact) mass is 569 g/mol. The van der Waals surface area contributed by atoms with Crippen LogP contribution in [-0.4, -0.2) is 57.4 Å². The first kappa shape index (κ1) is 24.3. The maximum Gasteiger partial charge on any atom is 0.191 e.